The molecule has 182 valence electrons. The molecule has 7 N–H and O–H groups in total. The second kappa shape index (κ2) is 12.0. The summed E-state index contributed by atoms with van der Waals surface area (Å²) in [4.78, 5) is 48.1. The Bertz CT molecular complexity index is 851. The van der Waals surface area contributed by atoms with Gasteiger partial charge < -0.3 is 26.6 Å². The van der Waals surface area contributed by atoms with Crippen molar-refractivity contribution in [1.29, 1.82) is 0 Å². The van der Waals surface area contributed by atoms with E-state index in [9.17, 15) is 24.3 Å². The standard InChI is InChI=1S/C22H32N4O6S/c1-22(2)17(21(31)32)26-19(33-22)16(25-15(27)12-13-8-4-3-5-9-13)18(28)24-11-7-6-10-14(23)20(29)30/h3-5,8-9,14,16-17,19,26H,6-7,10-12,23H2,1-2H3,(H,24,28)(H,25,27)(H,29,30)(H,31,32)/t14-,16+,17-,19+/m0/s1. The molecule has 10 nitrogen and oxygen atoms in total. The Morgan fingerprint density at radius 1 is 1.15 bits per heavy atom. The highest BCUT2D eigenvalue weighted by Crippen LogP contribution is 2.39. The van der Waals surface area contributed by atoms with E-state index in [2.05, 4.69) is 16.0 Å². The van der Waals surface area contributed by atoms with Gasteiger partial charge in [0.05, 0.1) is 11.8 Å². The highest BCUT2D eigenvalue weighted by atomic mass is 32.2. The van der Waals surface area contributed by atoms with Crippen LogP contribution < -0.4 is 21.7 Å². The highest BCUT2D eigenvalue weighted by molar-refractivity contribution is 8.01. The lowest BCUT2D eigenvalue weighted by molar-refractivity contribution is -0.140. The minimum absolute atomic E-state index is 0.0842. The molecule has 0 aromatic heterocycles. The van der Waals surface area contributed by atoms with Gasteiger partial charge in [0.2, 0.25) is 11.8 Å². The maximum atomic E-state index is 13.0. The molecule has 0 saturated carbocycles. The van der Waals surface area contributed by atoms with Gasteiger partial charge in [-0.15, -0.1) is 11.8 Å². The molecule has 2 amide bonds. The van der Waals surface area contributed by atoms with E-state index in [4.69, 9.17) is 10.8 Å². The zero-order valence-corrected chi connectivity index (χ0v) is 19.6. The van der Waals surface area contributed by atoms with Gasteiger partial charge in [0.15, 0.2) is 0 Å². The maximum absolute atomic E-state index is 13.0. The molecule has 1 aromatic rings. The van der Waals surface area contributed by atoms with Gasteiger partial charge >= 0.3 is 11.9 Å². The van der Waals surface area contributed by atoms with Crippen LogP contribution in [-0.2, 0) is 25.6 Å². The van der Waals surface area contributed by atoms with Gasteiger partial charge in [-0.25, -0.2) is 0 Å². The lowest BCUT2D eigenvalue weighted by atomic mass is 10.0. The first-order chi connectivity index (χ1) is 15.5. The normalized spacial score (nSPS) is 21.1. The predicted molar refractivity (Wildman–Crippen MR) is 125 cm³/mol. The molecule has 1 aliphatic rings. The first-order valence-electron chi connectivity index (χ1n) is 10.8. The van der Waals surface area contributed by atoms with Crippen LogP contribution in [0.5, 0.6) is 0 Å². The quantitative estimate of drug-likeness (QED) is 0.230. The number of hydrogen-bond acceptors (Lipinski definition) is 7. The molecule has 2 rings (SSSR count). The lowest BCUT2D eigenvalue weighted by Gasteiger charge is -2.25. The fourth-order valence-electron chi connectivity index (χ4n) is 3.55. The van der Waals surface area contributed by atoms with Crippen LogP contribution in [0.4, 0.5) is 0 Å². The zero-order valence-electron chi connectivity index (χ0n) is 18.7. The molecule has 11 heteroatoms. The van der Waals surface area contributed by atoms with Crippen molar-refractivity contribution >= 4 is 35.5 Å². The number of thioether (sulfide) groups is 1. The summed E-state index contributed by atoms with van der Waals surface area (Å²) in [5.74, 6) is -2.89. The van der Waals surface area contributed by atoms with E-state index < -0.39 is 46.1 Å². The van der Waals surface area contributed by atoms with Crippen LogP contribution in [0, 0.1) is 0 Å². The Morgan fingerprint density at radius 3 is 2.39 bits per heavy atom. The number of nitrogens with one attached hydrogen (secondary N) is 3. The molecule has 0 unspecified atom stereocenters. The zero-order chi connectivity index (χ0) is 24.6. The molecular weight excluding hydrogens is 448 g/mol. The number of nitrogens with two attached hydrogens (primary N) is 1. The fourth-order valence-corrected chi connectivity index (χ4v) is 5.04. The predicted octanol–water partition coefficient (Wildman–Crippen LogP) is 0.307. The Hall–Kier alpha value is -2.63. The summed E-state index contributed by atoms with van der Waals surface area (Å²) < 4.78 is -0.688. The maximum Gasteiger partial charge on any atom is 0.322 e. The van der Waals surface area contributed by atoms with Gasteiger partial charge in [0, 0.05) is 11.3 Å². The number of hydrogen-bond donors (Lipinski definition) is 6. The summed E-state index contributed by atoms with van der Waals surface area (Å²) >= 11 is 1.29. The van der Waals surface area contributed by atoms with E-state index in [1.54, 1.807) is 13.8 Å². The molecule has 1 saturated heterocycles. The third-order valence-electron chi connectivity index (χ3n) is 5.37. The molecule has 0 aliphatic carbocycles. The number of carbonyl (C=O) groups is 4. The molecule has 0 radical (unpaired) electrons. The van der Waals surface area contributed by atoms with Crippen molar-refractivity contribution in [2.24, 2.45) is 5.73 Å². The average molecular weight is 481 g/mol. The number of benzene rings is 1. The van der Waals surface area contributed by atoms with Crippen molar-refractivity contribution in [3.8, 4) is 0 Å². The van der Waals surface area contributed by atoms with E-state index in [1.165, 1.54) is 11.8 Å². The molecule has 1 fully saturated rings. The van der Waals surface area contributed by atoms with Gasteiger partial charge in [0.25, 0.3) is 0 Å². The minimum Gasteiger partial charge on any atom is -0.480 e. The third-order valence-corrected chi connectivity index (χ3v) is 6.88. The smallest absolute Gasteiger partial charge is 0.322 e. The van der Waals surface area contributed by atoms with Crippen molar-refractivity contribution in [2.75, 3.05) is 6.54 Å². The van der Waals surface area contributed by atoms with Crippen LogP contribution in [0.25, 0.3) is 0 Å². The van der Waals surface area contributed by atoms with Gasteiger partial charge in [-0.3, -0.25) is 24.5 Å². The number of rotatable bonds is 12. The van der Waals surface area contributed by atoms with Crippen molar-refractivity contribution in [3.05, 3.63) is 35.9 Å². The van der Waals surface area contributed by atoms with Crippen LogP contribution in [0.3, 0.4) is 0 Å². The van der Waals surface area contributed by atoms with E-state index in [-0.39, 0.29) is 25.3 Å². The first kappa shape index (κ1) is 26.6. The van der Waals surface area contributed by atoms with Crippen molar-refractivity contribution in [3.63, 3.8) is 0 Å². The Balaban J connectivity index is 2.02. The molecule has 0 bridgehead atoms. The van der Waals surface area contributed by atoms with E-state index in [0.29, 0.717) is 12.8 Å². The Labute approximate surface area is 197 Å². The number of carbonyl (C=O) groups excluding carboxylic acids is 2. The molecule has 1 heterocycles. The second-order valence-corrected chi connectivity index (χ2v) is 10.3. The molecular formula is C22H32N4O6S. The number of carboxylic acid groups (broad SMARTS) is 2. The number of carboxylic acids is 2. The SMILES string of the molecule is CC1(C)S[C@H]([C@H](NC(=O)Cc2ccccc2)C(=O)NCCCC[C@H](N)C(=O)O)N[C@H]1C(=O)O. The molecule has 1 aliphatic heterocycles. The van der Waals surface area contributed by atoms with E-state index >= 15 is 0 Å². The van der Waals surface area contributed by atoms with E-state index in [0.717, 1.165) is 5.56 Å². The van der Waals surface area contributed by atoms with Crippen molar-refractivity contribution in [2.45, 2.75) is 67.8 Å². The van der Waals surface area contributed by atoms with Gasteiger partial charge in [-0.05, 0) is 38.7 Å². The second-order valence-electron chi connectivity index (χ2n) is 8.52. The lowest BCUT2D eigenvalue weighted by Crippen LogP contribution is -2.57. The van der Waals surface area contributed by atoms with Crippen LogP contribution >= 0.6 is 11.8 Å². The topological polar surface area (TPSA) is 171 Å². The van der Waals surface area contributed by atoms with Crippen molar-refractivity contribution < 1.29 is 29.4 Å². The average Bonchev–Trinajstić information content (AvgIpc) is 3.07. The minimum atomic E-state index is -1.07. The Morgan fingerprint density at radius 2 is 1.82 bits per heavy atom. The summed E-state index contributed by atoms with van der Waals surface area (Å²) in [5, 5.41) is 26.2. The fraction of sp³-hybridized carbons (Fsp3) is 0.545. The van der Waals surface area contributed by atoms with E-state index in [1.807, 2.05) is 30.3 Å². The monoisotopic (exact) mass is 480 g/mol. The molecule has 4 atom stereocenters. The van der Waals surface area contributed by atoms with Crippen LogP contribution in [0.15, 0.2) is 30.3 Å². The van der Waals surface area contributed by atoms with Crippen LogP contribution in [-0.4, -0.2) is 68.8 Å². The molecule has 0 spiro atoms. The number of unbranched alkanes of at least 4 members (excludes halogenated alkanes) is 1. The summed E-state index contributed by atoms with van der Waals surface area (Å²) in [6.07, 6.45) is 1.41. The third kappa shape index (κ3) is 8.02. The summed E-state index contributed by atoms with van der Waals surface area (Å²) in [6, 6.07) is 6.27. The number of amides is 2. The summed E-state index contributed by atoms with van der Waals surface area (Å²) in [5.41, 5.74) is 6.27. The highest BCUT2D eigenvalue weighted by Gasteiger charge is 2.49. The van der Waals surface area contributed by atoms with Gasteiger partial charge in [-0.1, -0.05) is 30.3 Å². The summed E-state index contributed by atoms with van der Waals surface area (Å²) in [6.45, 7) is 3.82. The first-order valence-corrected chi connectivity index (χ1v) is 11.7. The summed E-state index contributed by atoms with van der Waals surface area (Å²) in [7, 11) is 0. The largest absolute Gasteiger partial charge is 0.480 e. The Kier molecular flexibility index (Phi) is 9.69. The molecule has 33 heavy (non-hydrogen) atoms. The van der Waals surface area contributed by atoms with Gasteiger partial charge in [0.1, 0.15) is 18.1 Å². The van der Waals surface area contributed by atoms with Gasteiger partial charge in [-0.2, -0.15) is 0 Å². The van der Waals surface area contributed by atoms with Crippen molar-refractivity contribution in [1.82, 2.24) is 16.0 Å². The van der Waals surface area contributed by atoms with Crippen LogP contribution in [0.2, 0.25) is 0 Å². The molecule has 1 aromatic carbocycles. The number of aliphatic carboxylic acids is 2. The van der Waals surface area contributed by atoms with Crippen LogP contribution in [0.1, 0.15) is 38.7 Å².